The standard InChI is InChI=1S/C26H32N4O3S.C16H25N4OPS2.C11H13BrO2.C2H4O2/c1-3-6-18-15-19(7-12-22(18)31)23(32)24-25(27)29-26(34-24)28-20-8-10-21(11-9-20)33-16-17(2)30-13-4-5-14-30;1-12(20-8-2-3-9-20)10-21-14-6-4-13(5-7-14)18-16(23)19-15(17)24-11-22;1-2-3-8-6-9(11(14)7-12)4-5-10(8)13;1-2(3)4/h7-12,15,17,31H,3-6,13-14,16,27H2,1-2H3,(H,28,29);4-7,12H,2-3,8-11,22H2,1H3,(H3,17,18,19,23);4-6,13H,2-3,7H2,1H3;1H3,(H,3,4)/t17-;12-;;/m11../s1. The first kappa shape index (κ1) is 63.2. The van der Waals surface area contributed by atoms with E-state index in [1.165, 1.54) is 61.9 Å². The van der Waals surface area contributed by atoms with Crippen molar-refractivity contribution in [2.45, 2.75) is 98.1 Å². The molecule has 0 aliphatic carbocycles. The van der Waals surface area contributed by atoms with Crippen molar-refractivity contribution in [2.75, 3.05) is 66.6 Å². The average molecular weight is 1180 g/mol. The predicted molar refractivity (Wildman–Crippen MR) is 323 cm³/mol. The number of nitrogens with zero attached hydrogens (tertiary/aromatic N) is 4. The Bertz CT molecular complexity index is 2650. The number of aliphatic carboxylic acids is 1. The normalized spacial score (nSPS) is 14.1. The molecule has 3 heterocycles. The first-order valence-electron chi connectivity index (χ1n) is 25.4. The monoisotopic (exact) mass is 1180 g/mol. The van der Waals surface area contributed by atoms with Gasteiger partial charge in [-0.1, -0.05) is 65.7 Å². The molecule has 4 aromatic carbocycles. The number of thiocarbonyl (C=S) groups is 1. The number of carboxylic acid groups (broad SMARTS) is 1. The van der Waals surface area contributed by atoms with Gasteiger partial charge >= 0.3 is 0 Å². The number of carbonyl (C=O) groups is 3. The summed E-state index contributed by atoms with van der Waals surface area (Å²) in [5.41, 5.74) is 17.0. The molecular weight excluding hydrogens is 1110 g/mol. The smallest absolute Gasteiger partial charge is 0.300 e. The lowest BCUT2D eigenvalue weighted by atomic mass is 10.0. The maximum absolute atomic E-state index is 13.0. The summed E-state index contributed by atoms with van der Waals surface area (Å²) < 4.78 is 11.8. The van der Waals surface area contributed by atoms with Crippen LogP contribution < -0.4 is 31.6 Å². The van der Waals surface area contributed by atoms with Crippen molar-refractivity contribution in [3.8, 4) is 23.0 Å². The van der Waals surface area contributed by atoms with E-state index in [9.17, 15) is 19.8 Å². The first-order chi connectivity index (χ1) is 36.4. The van der Waals surface area contributed by atoms with Crippen molar-refractivity contribution in [2.24, 2.45) is 10.7 Å². The minimum atomic E-state index is -0.833. The Labute approximate surface area is 472 Å². The van der Waals surface area contributed by atoms with Crippen LogP contribution in [0.2, 0.25) is 0 Å². The molecule has 21 heteroatoms. The number of halogens is 1. The number of aliphatic imine (C=N–C) groups is 1. The zero-order valence-electron chi connectivity index (χ0n) is 44.1. The molecule has 2 aliphatic rings. The molecule has 1 aromatic heterocycles. The van der Waals surface area contributed by atoms with Gasteiger partial charge in [-0.25, -0.2) is 4.98 Å². The van der Waals surface area contributed by atoms with E-state index < -0.39 is 5.97 Å². The largest absolute Gasteiger partial charge is 0.508 e. The van der Waals surface area contributed by atoms with Crippen LogP contribution in [0.5, 0.6) is 23.0 Å². The van der Waals surface area contributed by atoms with Gasteiger partial charge in [-0.15, -0.1) is 9.24 Å². The van der Waals surface area contributed by atoms with E-state index in [0.29, 0.717) is 68.5 Å². The number of nitrogens with two attached hydrogens (primary N) is 2. The Balaban J connectivity index is 0.000000257. The number of thioether (sulfide) groups is 1. The molecule has 412 valence electrons. The van der Waals surface area contributed by atoms with Crippen LogP contribution >= 0.6 is 60.5 Å². The van der Waals surface area contributed by atoms with E-state index in [4.69, 9.17) is 43.1 Å². The number of nitrogen functional groups attached to an aromatic ring is 1. The second kappa shape index (κ2) is 33.7. The SMILES string of the molecule is CC(=O)O.CCCc1cc(C(=O)CBr)ccc1O.CCCc1cc(C(=O)c2sc(Nc3ccc(OC[C@@H](C)N4CCCC4)cc3)nc2N)ccc1O.C[C@H](COc1ccc(NC(=S)N=C(N)SCP)cc1)N1CCCC1. The Morgan fingerprint density at radius 1 is 0.816 bits per heavy atom. The summed E-state index contributed by atoms with van der Waals surface area (Å²) in [6, 6.07) is 26.2. The predicted octanol–water partition coefficient (Wildman–Crippen LogP) is 11.4. The minimum Gasteiger partial charge on any atom is -0.508 e. The van der Waals surface area contributed by atoms with Crippen LogP contribution in [0, 0.1) is 0 Å². The number of ether oxygens (including phenoxy) is 2. The summed E-state index contributed by atoms with van der Waals surface area (Å²) in [4.78, 5) is 47.1. The number of alkyl halides is 1. The van der Waals surface area contributed by atoms with E-state index in [1.807, 2.05) is 62.4 Å². The van der Waals surface area contributed by atoms with Crippen molar-refractivity contribution in [1.29, 1.82) is 0 Å². The minimum absolute atomic E-state index is 0.0438. The number of carboxylic acids is 1. The molecule has 2 fully saturated rings. The van der Waals surface area contributed by atoms with Crippen molar-refractivity contribution in [3.05, 3.63) is 112 Å². The number of benzene rings is 4. The zero-order chi connectivity index (χ0) is 55.6. The molecule has 0 amide bonds. The summed E-state index contributed by atoms with van der Waals surface area (Å²) in [7, 11) is 2.58. The summed E-state index contributed by atoms with van der Waals surface area (Å²) in [6.45, 7) is 15.6. The second-order valence-electron chi connectivity index (χ2n) is 18.0. The van der Waals surface area contributed by atoms with Crippen molar-refractivity contribution >= 4 is 111 Å². The van der Waals surface area contributed by atoms with Crippen LogP contribution in [-0.2, 0) is 17.6 Å². The molecule has 0 spiro atoms. The summed E-state index contributed by atoms with van der Waals surface area (Å²) in [6.07, 6.45) is 8.48. The van der Waals surface area contributed by atoms with Gasteiger partial charge in [0.05, 0.1) is 5.33 Å². The van der Waals surface area contributed by atoms with E-state index >= 15 is 0 Å². The number of aryl methyl sites for hydroxylation is 2. The summed E-state index contributed by atoms with van der Waals surface area (Å²) in [5.74, 6) is 1.37. The van der Waals surface area contributed by atoms with Gasteiger partial charge in [-0.2, -0.15) is 4.99 Å². The highest BCUT2D eigenvalue weighted by Crippen LogP contribution is 2.32. The van der Waals surface area contributed by atoms with Gasteiger partial charge in [0.2, 0.25) is 5.78 Å². The highest BCUT2D eigenvalue weighted by atomic mass is 79.9. The number of aromatic nitrogens is 1. The Morgan fingerprint density at radius 2 is 1.28 bits per heavy atom. The van der Waals surface area contributed by atoms with E-state index in [2.05, 4.69) is 69.4 Å². The fourth-order valence-corrected chi connectivity index (χ4v) is 10.3. The molecule has 0 bridgehead atoms. The average Bonchev–Trinajstić information content (AvgIpc) is 4.22. The Morgan fingerprint density at radius 3 is 1.74 bits per heavy atom. The molecule has 76 heavy (non-hydrogen) atoms. The highest BCUT2D eigenvalue weighted by Gasteiger charge is 2.21. The lowest BCUT2D eigenvalue weighted by Gasteiger charge is -2.23. The van der Waals surface area contributed by atoms with Gasteiger partial charge < -0.3 is 46.9 Å². The second-order valence-corrected chi connectivity index (χ2v) is 22.0. The van der Waals surface area contributed by atoms with E-state index in [1.54, 1.807) is 36.4 Å². The molecule has 0 saturated carbocycles. The molecular formula is C55H74BrN8O8PS3. The Hall–Kier alpha value is -5.34. The first-order valence-corrected chi connectivity index (χ1v) is 29.5. The number of phenols is 2. The van der Waals surface area contributed by atoms with Crippen molar-refractivity contribution in [1.82, 2.24) is 14.8 Å². The molecule has 2 saturated heterocycles. The number of aromatic hydroxyl groups is 2. The number of Topliss-reactive ketones (excluding diaryl/α,β-unsaturated/α-hetero) is 1. The molecule has 2 aliphatic heterocycles. The Kier molecular flexibility index (Phi) is 28.1. The van der Waals surface area contributed by atoms with Gasteiger partial charge in [0.15, 0.2) is 21.2 Å². The van der Waals surface area contributed by atoms with Gasteiger partial charge in [0, 0.05) is 47.0 Å². The number of ketones is 2. The van der Waals surface area contributed by atoms with Crippen LogP contribution in [0.25, 0.3) is 0 Å². The number of amidine groups is 1. The highest BCUT2D eigenvalue weighted by molar-refractivity contribution is 9.09. The third-order valence-electron chi connectivity index (χ3n) is 11.9. The van der Waals surface area contributed by atoms with Crippen LogP contribution in [0.1, 0.15) is 110 Å². The van der Waals surface area contributed by atoms with Crippen molar-refractivity contribution in [3.63, 3.8) is 0 Å². The maximum Gasteiger partial charge on any atom is 0.300 e. The summed E-state index contributed by atoms with van der Waals surface area (Å²) in [5, 5.41) is 34.9. The fraction of sp³-hybridized carbons (Fsp3) is 0.418. The lowest BCUT2D eigenvalue weighted by molar-refractivity contribution is -0.134. The topological polar surface area (TPSA) is 238 Å². The fourth-order valence-electron chi connectivity index (χ4n) is 7.95. The zero-order valence-corrected chi connectivity index (χ0v) is 49.2. The van der Waals surface area contributed by atoms with Gasteiger partial charge in [-0.05, 0) is 187 Å². The number of anilines is 4. The van der Waals surface area contributed by atoms with E-state index in [-0.39, 0.29) is 28.9 Å². The molecule has 0 radical (unpaired) electrons. The number of hydrogen-bond donors (Lipinski definition) is 7. The molecule has 1 unspecified atom stereocenters. The molecule has 16 nitrogen and oxygen atoms in total. The third-order valence-corrected chi connectivity index (χ3v) is 14.7. The molecule has 7 rings (SSSR count). The number of hydrogen-bond acceptors (Lipinski definition) is 15. The lowest BCUT2D eigenvalue weighted by Crippen LogP contribution is -2.34. The number of thiazole rings is 1. The van der Waals surface area contributed by atoms with Crippen LogP contribution in [-0.4, -0.2) is 120 Å². The van der Waals surface area contributed by atoms with Gasteiger partial charge in [0.25, 0.3) is 5.97 Å². The molecule has 3 atom stereocenters. The van der Waals surface area contributed by atoms with E-state index in [0.717, 1.165) is 78.8 Å². The number of phenolic OH excluding ortho intramolecular Hbond substituents is 2. The number of likely N-dealkylation sites (tertiary alicyclic amines) is 2. The third kappa shape index (κ3) is 22.0. The van der Waals surface area contributed by atoms with Crippen LogP contribution in [0.15, 0.2) is 89.9 Å². The number of rotatable bonds is 20. The van der Waals surface area contributed by atoms with Crippen molar-refractivity contribution < 1.29 is 39.2 Å². The quantitative estimate of drug-likeness (QED) is 0.00958. The van der Waals surface area contributed by atoms with Crippen LogP contribution in [0.3, 0.4) is 0 Å². The van der Waals surface area contributed by atoms with Gasteiger partial charge in [-0.3, -0.25) is 24.2 Å². The molecule has 5 aromatic rings. The van der Waals surface area contributed by atoms with Gasteiger partial charge in [0.1, 0.15) is 46.9 Å². The molecule has 9 N–H and O–H groups in total. The number of nitrogens with one attached hydrogen (secondary N) is 2. The maximum atomic E-state index is 13.0. The van der Waals surface area contributed by atoms with Crippen LogP contribution in [0.4, 0.5) is 22.3 Å². The number of carbonyl (C=O) groups excluding carboxylic acids is 2. The summed E-state index contributed by atoms with van der Waals surface area (Å²) >= 11 is 10.9.